The zero-order valence-electron chi connectivity index (χ0n) is 14.1. The summed E-state index contributed by atoms with van der Waals surface area (Å²) in [6.45, 7) is 0. The first-order valence-corrected chi connectivity index (χ1v) is 8.61. The molecule has 0 saturated carbocycles. The smallest absolute Gasteiger partial charge is 0.269 e. The van der Waals surface area contributed by atoms with Gasteiger partial charge in [-0.2, -0.15) is 10.2 Å². The summed E-state index contributed by atoms with van der Waals surface area (Å²) in [6, 6.07) is 13.8. The number of nitrogens with one attached hydrogen (secondary N) is 1. The molecule has 0 radical (unpaired) electrons. The van der Waals surface area contributed by atoms with Gasteiger partial charge < -0.3 is 10.1 Å². The standard InChI is InChI=1S/C19H13BrN4O3/c1-22-17(25)12(11-21)10-15-18(27-14-7-5-13(20)6-8-14)23-16-4-2-3-9-24(16)19(15)26/h2-10H,1H3,(H,22,25). The highest BCUT2D eigenvalue weighted by Crippen LogP contribution is 2.25. The van der Waals surface area contributed by atoms with Crippen LogP contribution in [0.4, 0.5) is 0 Å². The number of ether oxygens (including phenoxy) is 1. The molecule has 2 heterocycles. The van der Waals surface area contributed by atoms with Crippen molar-refractivity contribution >= 4 is 33.6 Å². The molecule has 7 nitrogen and oxygen atoms in total. The predicted molar refractivity (Wildman–Crippen MR) is 103 cm³/mol. The normalized spacial score (nSPS) is 11.1. The van der Waals surface area contributed by atoms with Crippen LogP contribution in [0.2, 0.25) is 0 Å². The Bertz CT molecular complexity index is 1140. The van der Waals surface area contributed by atoms with Crippen molar-refractivity contribution in [3.63, 3.8) is 0 Å². The summed E-state index contributed by atoms with van der Waals surface area (Å²) >= 11 is 3.34. The first kappa shape index (κ1) is 18.4. The maximum Gasteiger partial charge on any atom is 0.269 e. The van der Waals surface area contributed by atoms with Gasteiger partial charge in [0.05, 0.1) is 0 Å². The van der Waals surface area contributed by atoms with Crippen LogP contribution in [0.1, 0.15) is 5.56 Å². The molecule has 1 N–H and O–H groups in total. The number of likely N-dealkylation sites (N-methyl/N-ethyl adjacent to an activating group) is 1. The van der Waals surface area contributed by atoms with Crippen molar-refractivity contribution < 1.29 is 9.53 Å². The molecule has 3 rings (SSSR count). The van der Waals surface area contributed by atoms with E-state index < -0.39 is 11.5 Å². The van der Waals surface area contributed by atoms with Crippen molar-refractivity contribution in [1.82, 2.24) is 14.7 Å². The van der Waals surface area contributed by atoms with Gasteiger partial charge in [0.25, 0.3) is 11.5 Å². The Labute approximate surface area is 162 Å². The molecule has 27 heavy (non-hydrogen) atoms. The van der Waals surface area contributed by atoms with Crippen LogP contribution in [0, 0.1) is 11.3 Å². The first-order chi connectivity index (χ1) is 13.0. The van der Waals surface area contributed by atoms with E-state index in [0.717, 1.165) is 4.47 Å². The lowest BCUT2D eigenvalue weighted by molar-refractivity contribution is -0.116. The minimum absolute atomic E-state index is 0.00164. The summed E-state index contributed by atoms with van der Waals surface area (Å²) < 4.78 is 7.97. The van der Waals surface area contributed by atoms with Crippen molar-refractivity contribution in [3.05, 3.63) is 74.6 Å². The van der Waals surface area contributed by atoms with Crippen LogP contribution in [0.3, 0.4) is 0 Å². The molecule has 8 heteroatoms. The number of pyridine rings is 1. The molecule has 0 saturated heterocycles. The van der Waals surface area contributed by atoms with Crippen molar-refractivity contribution in [1.29, 1.82) is 5.26 Å². The zero-order valence-corrected chi connectivity index (χ0v) is 15.7. The Morgan fingerprint density at radius 1 is 1.30 bits per heavy atom. The summed E-state index contributed by atoms with van der Waals surface area (Å²) in [5, 5.41) is 11.6. The molecular formula is C19H13BrN4O3. The molecule has 134 valence electrons. The third-order valence-electron chi connectivity index (χ3n) is 3.64. The number of carbonyl (C=O) groups excluding carboxylic acids is 1. The highest BCUT2D eigenvalue weighted by molar-refractivity contribution is 9.10. The minimum atomic E-state index is -0.607. The number of rotatable bonds is 4. The van der Waals surface area contributed by atoms with Crippen LogP contribution in [0.5, 0.6) is 11.6 Å². The number of amides is 1. The average Bonchev–Trinajstić information content (AvgIpc) is 2.69. The van der Waals surface area contributed by atoms with Gasteiger partial charge in [-0.1, -0.05) is 22.0 Å². The van der Waals surface area contributed by atoms with E-state index in [0.29, 0.717) is 11.4 Å². The number of benzene rings is 1. The molecule has 2 aromatic heterocycles. The number of carbonyl (C=O) groups is 1. The second kappa shape index (κ2) is 7.85. The molecule has 1 amide bonds. The number of nitriles is 1. The van der Waals surface area contributed by atoms with Gasteiger partial charge in [0.2, 0.25) is 5.88 Å². The van der Waals surface area contributed by atoms with Crippen molar-refractivity contribution in [2.24, 2.45) is 0 Å². The van der Waals surface area contributed by atoms with E-state index in [4.69, 9.17) is 4.74 Å². The molecule has 0 spiro atoms. The van der Waals surface area contributed by atoms with E-state index in [1.54, 1.807) is 54.7 Å². The third-order valence-corrected chi connectivity index (χ3v) is 4.17. The summed E-state index contributed by atoms with van der Waals surface area (Å²) in [7, 11) is 1.40. The maximum absolute atomic E-state index is 12.9. The van der Waals surface area contributed by atoms with Gasteiger partial charge in [0, 0.05) is 17.7 Å². The van der Waals surface area contributed by atoms with Crippen LogP contribution in [0.25, 0.3) is 11.7 Å². The molecule has 3 aromatic rings. The lowest BCUT2D eigenvalue weighted by atomic mass is 10.1. The molecule has 1 aromatic carbocycles. The van der Waals surface area contributed by atoms with Gasteiger partial charge in [-0.3, -0.25) is 14.0 Å². The highest BCUT2D eigenvalue weighted by atomic mass is 79.9. The van der Waals surface area contributed by atoms with Gasteiger partial charge >= 0.3 is 0 Å². The van der Waals surface area contributed by atoms with Gasteiger partial charge in [-0.05, 0) is 42.5 Å². The molecule has 0 aliphatic carbocycles. The Hall–Kier alpha value is -3.44. The van der Waals surface area contributed by atoms with Crippen molar-refractivity contribution in [3.8, 4) is 17.7 Å². The Morgan fingerprint density at radius 3 is 2.70 bits per heavy atom. The first-order valence-electron chi connectivity index (χ1n) is 7.82. The number of hydrogen-bond acceptors (Lipinski definition) is 5. The Morgan fingerprint density at radius 2 is 2.04 bits per heavy atom. The topological polar surface area (TPSA) is 96.5 Å². The Kier molecular flexibility index (Phi) is 5.33. The van der Waals surface area contributed by atoms with Gasteiger partial charge in [-0.25, -0.2) is 0 Å². The van der Waals surface area contributed by atoms with Crippen LogP contribution < -0.4 is 15.6 Å². The summed E-state index contributed by atoms with van der Waals surface area (Å²) in [4.78, 5) is 29.1. The minimum Gasteiger partial charge on any atom is -0.438 e. The fourth-order valence-electron chi connectivity index (χ4n) is 2.33. The lowest BCUT2D eigenvalue weighted by Crippen LogP contribution is -2.22. The van der Waals surface area contributed by atoms with E-state index in [-0.39, 0.29) is 17.0 Å². The monoisotopic (exact) mass is 424 g/mol. The maximum atomic E-state index is 12.9. The summed E-state index contributed by atoms with van der Waals surface area (Å²) in [6.07, 6.45) is 2.74. The number of hydrogen-bond donors (Lipinski definition) is 1. The largest absolute Gasteiger partial charge is 0.438 e. The second-order valence-electron chi connectivity index (χ2n) is 5.37. The average molecular weight is 425 g/mol. The van der Waals surface area contributed by atoms with Crippen LogP contribution >= 0.6 is 15.9 Å². The van der Waals surface area contributed by atoms with E-state index in [1.807, 2.05) is 0 Å². The van der Waals surface area contributed by atoms with E-state index >= 15 is 0 Å². The molecule has 0 atom stereocenters. The third kappa shape index (κ3) is 3.88. The number of aromatic nitrogens is 2. The molecular weight excluding hydrogens is 412 g/mol. The Balaban J connectivity index is 2.22. The predicted octanol–water partition coefficient (Wildman–Crippen LogP) is 2.90. The molecule has 0 unspecified atom stereocenters. The summed E-state index contributed by atoms with van der Waals surface area (Å²) in [5.74, 6) is -0.145. The zero-order chi connectivity index (χ0) is 19.4. The van der Waals surface area contributed by atoms with Gasteiger partial charge in [0.15, 0.2) is 0 Å². The van der Waals surface area contributed by atoms with Crippen LogP contribution in [-0.2, 0) is 4.79 Å². The lowest BCUT2D eigenvalue weighted by Gasteiger charge is -2.10. The quantitative estimate of drug-likeness (QED) is 0.512. The van der Waals surface area contributed by atoms with Crippen molar-refractivity contribution in [2.45, 2.75) is 0 Å². The molecule has 0 aliphatic rings. The molecule has 0 aliphatic heterocycles. The van der Waals surface area contributed by atoms with Crippen LogP contribution in [-0.4, -0.2) is 22.3 Å². The SMILES string of the molecule is CNC(=O)C(C#N)=Cc1c(Oc2ccc(Br)cc2)nc2ccccn2c1=O. The molecule has 0 bridgehead atoms. The fraction of sp³-hybridized carbons (Fsp3) is 0.0526. The number of nitrogens with zero attached hydrogens (tertiary/aromatic N) is 3. The fourth-order valence-corrected chi connectivity index (χ4v) is 2.59. The molecule has 0 fully saturated rings. The van der Waals surface area contributed by atoms with Gasteiger partial charge in [0.1, 0.15) is 28.6 Å². The van der Waals surface area contributed by atoms with Crippen molar-refractivity contribution in [2.75, 3.05) is 7.05 Å². The van der Waals surface area contributed by atoms with Crippen LogP contribution in [0.15, 0.2) is 63.5 Å². The van der Waals surface area contributed by atoms with Gasteiger partial charge in [-0.15, -0.1) is 0 Å². The van der Waals surface area contributed by atoms with E-state index in [9.17, 15) is 14.9 Å². The number of halogens is 1. The second-order valence-corrected chi connectivity index (χ2v) is 6.29. The van der Waals surface area contributed by atoms with E-state index in [2.05, 4.69) is 26.2 Å². The highest BCUT2D eigenvalue weighted by Gasteiger charge is 2.16. The number of fused-ring (bicyclic) bond motifs is 1. The summed E-state index contributed by atoms with van der Waals surface area (Å²) in [5.41, 5.74) is -0.302. The van der Waals surface area contributed by atoms with E-state index in [1.165, 1.54) is 17.5 Å².